The molecule has 4 heteroatoms. The second kappa shape index (κ2) is 3.21. The van der Waals surface area contributed by atoms with E-state index in [1.807, 2.05) is 24.3 Å². The average Bonchev–Trinajstić information content (AvgIpc) is 2.48. The van der Waals surface area contributed by atoms with Gasteiger partial charge in [-0.05, 0) is 17.7 Å². The fraction of sp³-hybridized carbons (Fsp3) is 0.300. The molecule has 1 aliphatic rings. The van der Waals surface area contributed by atoms with E-state index < -0.39 is 0 Å². The Labute approximate surface area is 82.7 Å². The molecule has 0 saturated carbocycles. The number of nitrogens with one attached hydrogen (secondary N) is 1. The van der Waals surface area contributed by atoms with E-state index in [0.717, 1.165) is 11.3 Å². The van der Waals surface area contributed by atoms with Gasteiger partial charge in [0.15, 0.2) is 0 Å². The molecule has 0 bridgehead atoms. The third kappa shape index (κ3) is 1.51. The Morgan fingerprint density at radius 1 is 1.43 bits per heavy atom. The van der Waals surface area contributed by atoms with Gasteiger partial charge in [0, 0.05) is 19.3 Å². The molecule has 4 nitrogen and oxygen atoms in total. The molecule has 0 spiro atoms. The van der Waals surface area contributed by atoms with Gasteiger partial charge in [0.1, 0.15) is 0 Å². The molecule has 1 fully saturated rings. The van der Waals surface area contributed by atoms with Crippen molar-refractivity contribution >= 4 is 11.7 Å². The number of hydrogen-bond acceptors (Lipinski definition) is 2. The van der Waals surface area contributed by atoms with Gasteiger partial charge in [0.25, 0.3) is 0 Å². The highest BCUT2D eigenvalue weighted by Gasteiger charge is 2.26. The largest absolute Gasteiger partial charge is 0.399 e. The minimum absolute atomic E-state index is 0.0215. The molecule has 0 aliphatic carbocycles. The van der Waals surface area contributed by atoms with Crippen LogP contribution in [0.15, 0.2) is 24.3 Å². The number of nitrogens with zero attached hydrogens (tertiary/aromatic N) is 1. The van der Waals surface area contributed by atoms with Crippen molar-refractivity contribution in [3.8, 4) is 0 Å². The van der Waals surface area contributed by atoms with Crippen LogP contribution in [0.5, 0.6) is 0 Å². The summed E-state index contributed by atoms with van der Waals surface area (Å²) in [5.74, 6) is 0. The fourth-order valence-corrected chi connectivity index (χ4v) is 1.58. The number of carbonyl (C=O) groups excluding carboxylic acids is 1. The monoisotopic (exact) mass is 191 g/mol. The summed E-state index contributed by atoms with van der Waals surface area (Å²) in [7, 11) is 1.78. The zero-order valence-electron chi connectivity index (χ0n) is 8.03. The van der Waals surface area contributed by atoms with E-state index in [4.69, 9.17) is 5.73 Å². The van der Waals surface area contributed by atoms with E-state index in [9.17, 15) is 4.79 Å². The molecule has 74 valence electrons. The Morgan fingerprint density at radius 2 is 2.07 bits per heavy atom. The normalized spacial score (nSPS) is 21.1. The number of hydrogen-bond donors (Lipinski definition) is 2. The summed E-state index contributed by atoms with van der Waals surface area (Å²) >= 11 is 0. The highest BCUT2D eigenvalue weighted by Crippen LogP contribution is 2.19. The van der Waals surface area contributed by atoms with Crippen molar-refractivity contribution in [1.29, 1.82) is 0 Å². The zero-order chi connectivity index (χ0) is 10.1. The third-order valence-corrected chi connectivity index (χ3v) is 2.44. The minimum atomic E-state index is -0.0215. The quantitative estimate of drug-likeness (QED) is 0.650. The van der Waals surface area contributed by atoms with Gasteiger partial charge in [0.2, 0.25) is 0 Å². The van der Waals surface area contributed by atoms with Crippen molar-refractivity contribution in [2.24, 2.45) is 0 Å². The van der Waals surface area contributed by atoms with Crippen LogP contribution < -0.4 is 11.1 Å². The molecule has 1 aliphatic heterocycles. The van der Waals surface area contributed by atoms with Crippen LogP contribution in [-0.2, 0) is 0 Å². The number of urea groups is 1. The van der Waals surface area contributed by atoms with Gasteiger partial charge < -0.3 is 16.0 Å². The number of nitrogens with two attached hydrogens (primary N) is 1. The number of likely N-dealkylation sites (N-methyl/N-ethyl adjacent to an activating group) is 1. The first-order valence-electron chi connectivity index (χ1n) is 4.54. The summed E-state index contributed by atoms with van der Waals surface area (Å²) in [5, 5.41) is 2.89. The van der Waals surface area contributed by atoms with Crippen molar-refractivity contribution in [2.75, 3.05) is 19.3 Å². The lowest BCUT2D eigenvalue weighted by Gasteiger charge is -2.09. The molecule has 1 unspecified atom stereocenters. The molecule has 1 aromatic carbocycles. The standard InChI is InChI=1S/C10H13N3O/c1-13-6-9(12-10(13)14)7-2-4-8(11)5-3-7/h2-5,9H,6,11H2,1H3,(H,12,14). The summed E-state index contributed by atoms with van der Waals surface area (Å²) in [5.41, 5.74) is 7.42. The van der Waals surface area contributed by atoms with Gasteiger partial charge in [-0.25, -0.2) is 4.79 Å². The molecule has 0 aromatic heterocycles. The minimum Gasteiger partial charge on any atom is -0.399 e. The molecule has 2 rings (SSSR count). The van der Waals surface area contributed by atoms with Gasteiger partial charge >= 0.3 is 6.03 Å². The predicted molar refractivity (Wildman–Crippen MR) is 54.8 cm³/mol. The van der Waals surface area contributed by atoms with Gasteiger partial charge in [-0.1, -0.05) is 12.1 Å². The maximum absolute atomic E-state index is 11.2. The van der Waals surface area contributed by atoms with Gasteiger partial charge in [-0.2, -0.15) is 0 Å². The van der Waals surface area contributed by atoms with E-state index >= 15 is 0 Å². The van der Waals surface area contributed by atoms with Crippen LogP contribution in [0.1, 0.15) is 11.6 Å². The molecule has 1 saturated heterocycles. The first-order valence-corrected chi connectivity index (χ1v) is 4.54. The number of amides is 2. The van der Waals surface area contributed by atoms with Gasteiger partial charge in [-0.15, -0.1) is 0 Å². The van der Waals surface area contributed by atoms with Crippen LogP contribution in [0.2, 0.25) is 0 Å². The lowest BCUT2D eigenvalue weighted by Crippen LogP contribution is -2.23. The number of anilines is 1. The molecule has 14 heavy (non-hydrogen) atoms. The second-order valence-corrected chi connectivity index (χ2v) is 3.55. The third-order valence-electron chi connectivity index (χ3n) is 2.44. The smallest absolute Gasteiger partial charge is 0.317 e. The van der Waals surface area contributed by atoms with Crippen LogP contribution in [0.3, 0.4) is 0 Å². The lowest BCUT2D eigenvalue weighted by molar-refractivity contribution is 0.226. The number of rotatable bonds is 1. The Bertz CT molecular complexity index is 347. The Kier molecular flexibility index (Phi) is 2.04. The first-order chi connectivity index (χ1) is 6.66. The van der Waals surface area contributed by atoms with Crippen LogP contribution in [0.4, 0.5) is 10.5 Å². The van der Waals surface area contributed by atoms with Crippen LogP contribution >= 0.6 is 0 Å². The van der Waals surface area contributed by atoms with Crippen molar-refractivity contribution in [1.82, 2.24) is 10.2 Å². The average molecular weight is 191 g/mol. The molecular weight excluding hydrogens is 178 g/mol. The highest BCUT2D eigenvalue weighted by atomic mass is 16.2. The number of nitrogen functional groups attached to an aromatic ring is 1. The molecule has 1 atom stereocenters. The van der Waals surface area contributed by atoms with Crippen molar-refractivity contribution in [3.05, 3.63) is 29.8 Å². The lowest BCUT2D eigenvalue weighted by atomic mass is 10.1. The summed E-state index contributed by atoms with van der Waals surface area (Å²) in [6, 6.07) is 7.65. The summed E-state index contributed by atoms with van der Waals surface area (Å²) in [6.07, 6.45) is 0. The highest BCUT2D eigenvalue weighted by molar-refractivity contribution is 5.76. The Morgan fingerprint density at radius 3 is 2.57 bits per heavy atom. The fourth-order valence-electron chi connectivity index (χ4n) is 1.58. The van der Waals surface area contributed by atoms with Crippen LogP contribution in [0, 0.1) is 0 Å². The van der Waals surface area contributed by atoms with E-state index in [1.54, 1.807) is 11.9 Å². The maximum atomic E-state index is 11.2. The number of benzene rings is 1. The van der Waals surface area contributed by atoms with E-state index in [1.165, 1.54) is 0 Å². The van der Waals surface area contributed by atoms with Crippen LogP contribution in [0.25, 0.3) is 0 Å². The van der Waals surface area contributed by atoms with Crippen molar-refractivity contribution in [3.63, 3.8) is 0 Å². The van der Waals surface area contributed by atoms with Crippen molar-refractivity contribution in [2.45, 2.75) is 6.04 Å². The summed E-state index contributed by atoms with van der Waals surface area (Å²) in [6.45, 7) is 0.711. The van der Waals surface area contributed by atoms with Gasteiger partial charge in [0.05, 0.1) is 6.04 Å². The zero-order valence-corrected chi connectivity index (χ0v) is 8.03. The van der Waals surface area contributed by atoms with Crippen molar-refractivity contribution < 1.29 is 4.79 Å². The molecule has 3 N–H and O–H groups in total. The summed E-state index contributed by atoms with van der Waals surface area (Å²) in [4.78, 5) is 12.9. The van der Waals surface area contributed by atoms with E-state index in [2.05, 4.69) is 5.32 Å². The van der Waals surface area contributed by atoms with Crippen LogP contribution in [-0.4, -0.2) is 24.5 Å². The molecule has 2 amide bonds. The predicted octanol–water partition coefficient (Wildman–Crippen LogP) is 0.965. The SMILES string of the molecule is CN1CC(c2ccc(N)cc2)NC1=O. The number of carbonyl (C=O) groups is 1. The molecular formula is C10H13N3O. The molecule has 0 radical (unpaired) electrons. The Hall–Kier alpha value is -1.71. The second-order valence-electron chi connectivity index (χ2n) is 3.55. The maximum Gasteiger partial charge on any atom is 0.317 e. The van der Waals surface area contributed by atoms with Gasteiger partial charge in [-0.3, -0.25) is 0 Å². The molecule has 1 aromatic rings. The first kappa shape index (κ1) is 8.87. The molecule has 1 heterocycles. The topological polar surface area (TPSA) is 58.4 Å². The van der Waals surface area contributed by atoms with E-state index in [-0.39, 0.29) is 12.1 Å². The Balaban J connectivity index is 2.17. The van der Waals surface area contributed by atoms with E-state index in [0.29, 0.717) is 6.54 Å². The summed E-state index contributed by atoms with van der Waals surface area (Å²) < 4.78 is 0.